The monoisotopic (exact) mass is 459 g/mol. The molecule has 3 rings (SSSR count). The molecule has 3 aromatic rings. The van der Waals surface area contributed by atoms with Crippen molar-refractivity contribution in [3.05, 3.63) is 63.3 Å². The normalized spacial score (nSPS) is 11.8. The third-order valence-corrected chi connectivity index (χ3v) is 6.09. The Labute approximate surface area is 194 Å². The Morgan fingerprint density at radius 1 is 1.13 bits per heavy atom. The lowest BCUT2D eigenvalue weighted by Gasteiger charge is -2.20. The second kappa shape index (κ2) is 9.64. The number of hydrogen-bond donors (Lipinski definition) is 2. The van der Waals surface area contributed by atoms with E-state index in [9.17, 15) is 4.79 Å². The maximum atomic E-state index is 13.0. The predicted molar refractivity (Wildman–Crippen MR) is 133 cm³/mol. The van der Waals surface area contributed by atoms with Crippen molar-refractivity contribution in [1.29, 1.82) is 0 Å². The number of hydrogen-bond acceptors (Lipinski definition) is 2. The van der Waals surface area contributed by atoms with E-state index in [2.05, 4.69) is 44.4 Å². The van der Waals surface area contributed by atoms with Crippen molar-refractivity contribution in [2.75, 3.05) is 18.4 Å². The molecule has 1 heterocycles. The minimum absolute atomic E-state index is 0.0160. The van der Waals surface area contributed by atoms with Crippen molar-refractivity contribution in [3.8, 4) is 0 Å². The van der Waals surface area contributed by atoms with E-state index in [4.69, 9.17) is 23.2 Å². The van der Waals surface area contributed by atoms with E-state index in [0.717, 1.165) is 41.8 Å². The van der Waals surface area contributed by atoms with Gasteiger partial charge in [-0.25, -0.2) is 0 Å². The maximum Gasteiger partial charge on any atom is 0.244 e. The van der Waals surface area contributed by atoms with Crippen LogP contribution in [0.25, 0.3) is 10.9 Å². The molecule has 31 heavy (non-hydrogen) atoms. The van der Waals surface area contributed by atoms with Crippen LogP contribution in [0.4, 0.5) is 5.69 Å². The van der Waals surface area contributed by atoms with Crippen LogP contribution in [0.3, 0.4) is 0 Å². The summed E-state index contributed by atoms with van der Waals surface area (Å²) in [7, 11) is 0. The summed E-state index contributed by atoms with van der Waals surface area (Å²) in [6.07, 6.45) is 0.842. The summed E-state index contributed by atoms with van der Waals surface area (Å²) in [5, 5.41) is 8.58. The van der Waals surface area contributed by atoms with Gasteiger partial charge in [0.05, 0.1) is 10.5 Å². The third-order valence-electron chi connectivity index (χ3n) is 5.58. The van der Waals surface area contributed by atoms with Crippen LogP contribution in [0.1, 0.15) is 44.5 Å². The van der Waals surface area contributed by atoms with Crippen molar-refractivity contribution in [2.45, 2.75) is 53.0 Å². The quantitative estimate of drug-likeness (QED) is 0.404. The molecule has 0 bridgehead atoms. The minimum atomic E-state index is -0.0877. The molecule has 0 aliphatic carbocycles. The zero-order valence-corrected chi connectivity index (χ0v) is 20.4. The smallest absolute Gasteiger partial charge is 0.244 e. The summed E-state index contributed by atoms with van der Waals surface area (Å²) in [6.45, 7) is 12.6. The number of halogens is 2. The molecule has 0 atom stereocenters. The molecular weight excluding hydrogens is 429 g/mol. The highest BCUT2D eigenvalue weighted by Crippen LogP contribution is 2.34. The number of carbonyl (C=O) groups excluding carboxylic acids is 1. The number of carbonyl (C=O) groups is 1. The number of fused-ring (bicyclic) bond motifs is 1. The van der Waals surface area contributed by atoms with E-state index in [1.165, 1.54) is 11.1 Å². The third kappa shape index (κ3) is 5.43. The van der Waals surface area contributed by atoms with E-state index >= 15 is 0 Å². The van der Waals surface area contributed by atoms with Crippen LogP contribution in [-0.4, -0.2) is 23.6 Å². The van der Waals surface area contributed by atoms with Gasteiger partial charge in [0.15, 0.2) is 0 Å². The number of nitrogens with one attached hydrogen (secondary N) is 2. The Balaban J connectivity index is 1.92. The van der Waals surface area contributed by atoms with Gasteiger partial charge < -0.3 is 15.2 Å². The number of anilines is 1. The van der Waals surface area contributed by atoms with Crippen LogP contribution < -0.4 is 10.6 Å². The van der Waals surface area contributed by atoms with E-state index in [1.807, 2.05) is 35.8 Å². The molecule has 2 N–H and O–H groups in total. The van der Waals surface area contributed by atoms with Gasteiger partial charge in [0.25, 0.3) is 0 Å². The van der Waals surface area contributed by atoms with Crippen molar-refractivity contribution >= 4 is 45.7 Å². The Bertz CT molecular complexity index is 1100. The molecule has 0 unspecified atom stereocenters. The largest absolute Gasteiger partial charge is 0.334 e. The molecule has 0 saturated heterocycles. The molecule has 0 spiro atoms. The van der Waals surface area contributed by atoms with Crippen LogP contribution in [0.15, 0.2) is 36.4 Å². The first kappa shape index (κ1) is 23.6. The van der Waals surface area contributed by atoms with E-state index in [1.54, 1.807) is 6.07 Å². The van der Waals surface area contributed by atoms with Gasteiger partial charge in [-0.15, -0.1) is 0 Å². The average Bonchev–Trinajstić information content (AvgIpc) is 2.93. The van der Waals surface area contributed by atoms with Gasteiger partial charge in [0.2, 0.25) is 5.91 Å². The Morgan fingerprint density at radius 2 is 1.87 bits per heavy atom. The highest BCUT2D eigenvalue weighted by molar-refractivity contribution is 6.38. The molecule has 0 saturated carbocycles. The van der Waals surface area contributed by atoms with Crippen molar-refractivity contribution in [2.24, 2.45) is 0 Å². The standard InChI is InChI=1S/C25H31Cl2N3O/c1-6-28-11-10-20-16(2)30(24-21(20)13-18(26)14-22(24)27)15-23(31)29-19-9-7-8-17(12-19)25(3,4)5/h7-9,12-14,28H,6,10-11,15H2,1-5H3,(H,29,31). The van der Waals surface area contributed by atoms with Crippen LogP contribution in [0.5, 0.6) is 0 Å². The summed E-state index contributed by atoms with van der Waals surface area (Å²) in [5.41, 5.74) is 5.05. The van der Waals surface area contributed by atoms with E-state index in [0.29, 0.717) is 10.0 Å². The first-order chi connectivity index (χ1) is 14.6. The number of nitrogens with zero attached hydrogens (tertiary/aromatic N) is 1. The SMILES string of the molecule is CCNCCc1c(C)n(CC(=O)Nc2cccc(C(C)(C)C)c2)c2c(Cl)cc(Cl)cc12. The van der Waals surface area contributed by atoms with Crippen molar-refractivity contribution < 1.29 is 4.79 Å². The molecule has 0 fully saturated rings. The molecule has 0 radical (unpaired) electrons. The summed E-state index contributed by atoms with van der Waals surface area (Å²) in [6, 6.07) is 11.7. The van der Waals surface area contributed by atoms with Crippen LogP contribution in [0, 0.1) is 6.92 Å². The highest BCUT2D eigenvalue weighted by Gasteiger charge is 2.19. The molecule has 1 aromatic heterocycles. The maximum absolute atomic E-state index is 13.0. The Kier molecular flexibility index (Phi) is 7.35. The van der Waals surface area contributed by atoms with Crippen LogP contribution in [-0.2, 0) is 23.2 Å². The highest BCUT2D eigenvalue weighted by atomic mass is 35.5. The summed E-state index contributed by atoms with van der Waals surface area (Å²) in [5.74, 6) is -0.0877. The molecule has 6 heteroatoms. The predicted octanol–water partition coefficient (Wildman–Crippen LogP) is 6.34. The number of benzene rings is 2. The fraction of sp³-hybridized carbons (Fsp3) is 0.400. The lowest BCUT2D eigenvalue weighted by Crippen LogP contribution is -2.20. The number of likely N-dealkylation sites (N-methyl/N-ethyl adjacent to an activating group) is 1. The second-order valence-electron chi connectivity index (χ2n) is 8.92. The van der Waals surface area contributed by atoms with Gasteiger partial charge >= 0.3 is 0 Å². The zero-order chi connectivity index (χ0) is 22.8. The number of aromatic nitrogens is 1. The molecule has 0 aliphatic rings. The van der Waals surface area contributed by atoms with Gasteiger partial charge in [0, 0.05) is 21.8 Å². The Morgan fingerprint density at radius 3 is 2.55 bits per heavy atom. The van der Waals surface area contributed by atoms with Gasteiger partial charge in [0.1, 0.15) is 6.54 Å². The van der Waals surface area contributed by atoms with Gasteiger partial charge in [-0.3, -0.25) is 4.79 Å². The van der Waals surface area contributed by atoms with Crippen LogP contribution >= 0.6 is 23.2 Å². The minimum Gasteiger partial charge on any atom is -0.334 e. The van der Waals surface area contributed by atoms with Gasteiger partial charge in [-0.2, -0.15) is 0 Å². The average molecular weight is 460 g/mol. The number of amides is 1. The van der Waals surface area contributed by atoms with Gasteiger partial charge in [-0.1, -0.05) is 63.0 Å². The molecular formula is C25H31Cl2N3O. The van der Waals surface area contributed by atoms with Crippen LogP contribution in [0.2, 0.25) is 10.0 Å². The lowest BCUT2D eigenvalue weighted by atomic mass is 9.87. The first-order valence-corrected chi connectivity index (χ1v) is 11.4. The van der Waals surface area contributed by atoms with Crippen molar-refractivity contribution in [3.63, 3.8) is 0 Å². The summed E-state index contributed by atoms with van der Waals surface area (Å²) in [4.78, 5) is 13.0. The molecule has 2 aromatic carbocycles. The molecule has 0 aliphatic heterocycles. The Hall–Kier alpha value is -2.01. The summed E-state index contributed by atoms with van der Waals surface area (Å²) < 4.78 is 2.00. The van der Waals surface area contributed by atoms with E-state index < -0.39 is 0 Å². The molecule has 4 nitrogen and oxygen atoms in total. The van der Waals surface area contributed by atoms with Gasteiger partial charge in [-0.05, 0) is 67.2 Å². The first-order valence-electron chi connectivity index (χ1n) is 10.7. The van der Waals surface area contributed by atoms with Crippen molar-refractivity contribution in [1.82, 2.24) is 9.88 Å². The lowest BCUT2D eigenvalue weighted by molar-refractivity contribution is -0.116. The molecule has 166 valence electrons. The zero-order valence-electron chi connectivity index (χ0n) is 18.9. The topological polar surface area (TPSA) is 46.1 Å². The fourth-order valence-electron chi connectivity index (χ4n) is 3.91. The van der Waals surface area contributed by atoms with E-state index in [-0.39, 0.29) is 17.9 Å². The fourth-order valence-corrected chi connectivity index (χ4v) is 4.50. The summed E-state index contributed by atoms with van der Waals surface area (Å²) >= 11 is 12.9. The number of rotatable bonds is 7. The second-order valence-corrected chi connectivity index (χ2v) is 9.76. The molecule has 1 amide bonds.